The largest absolute Gasteiger partial charge is 0.339 e. The van der Waals surface area contributed by atoms with Gasteiger partial charge in [0, 0.05) is 36.6 Å². The highest BCUT2D eigenvalue weighted by Gasteiger charge is 2.35. The van der Waals surface area contributed by atoms with Gasteiger partial charge in [-0.1, -0.05) is 5.16 Å². The molecule has 0 bridgehead atoms. The first-order valence-corrected chi connectivity index (χ1v) is 7.50. The molecule has 2 aromatic heterocycles. The molecule has 6 nitrogen and oxygen atoms in total. The fraction of sp³-hybridized carbons (Fsp3) is 0.176. The second-order valence-electron chi connectivity index (χ2n) is 5.57. The Morgan fingerprint density at radius 3 is 2.62 bits per heavy atom. The van der Waals surface area contributed by atoms with E-state index in [1.807, 2.05) is 0 Å². The lowest BCUT2D eigenvalue weighted by Gasteiger charge is -2.15. The summed E-state index contributed by atoms with van der Waals surface area (Å²) in [5.74, 6) is 0.349. The maximum Gasteiger partial charge on any atom is 0.232 e. The zero-order valence-electron chi connectivity index (χ0n) is 12.6. The normalized spacial score (nSPS) is 17.5. The Labute approximate surface area is 136 Å². The molecule has 1 atom stereocenters. The van der Waals surface area contributed by atoms with Gasteiger partial charge in [0.2, 0.25) is 17.6 Å². The van der Waals surface area contributed by atoms with Gasteiger partial charge in [0.15, 0.2) is 0 Å². The minimum atomic E-state index is -0.333. The summed E-state index contributed by atoms with van der Waals surface area (Å²) in [5, 5.41) is 3.97. The number of carbonyl (C=O) groups is 1. The predicted octanol–water partition coefficient (Wildman–Crippen LogP) is 2.79. The van der Waals surface area contributed by atoms with Gasteiger partial charge in [-0.05, 0) is 36.4 Å². The monoisotopic (exact) mass is 324 g/mol. The summed E-state index contributed by atoms with van der Waals surface area (Å²) in [7, 11) is 0. The third kappa shape index (κ3) is 2.64. The molecule has 1 unspecified atom stereocenters. The third-order valence-electron chi connectivity index (χ3n) is 3.99. The number of benzene rings is 1. The zero-order chi connectivity index (χ0) is 16.5. The van der Waals surface area contributed by atoms with Crippen molar-refractivity contribution in [1.82, 2.24) is 15.1 Å². The van der Waals surface area contributed by atoms with Gasteiger partial charge in [0.1, 0.15) is 5.82 Å². The summed E-state index contributed by atoms with van der Waals surface area (Å²) < 4.78 is 18.4. The van der Waals surface area contributed by atoms with Gasteiger partial charge in [0.25, 0.3) is 0 Å². The van der Waals surface area contributed by atoms with Crippen LogP contribution < -0.4 is 4.90 Å². The van der Waals surface area contributed by atoms with Crippen LogP contribution in [0.5, 0.6) is 0 Å². The molecule has 7 heteroatoms. The third-order valence-corrected chi connectivity index (χ3v) is 3.99. The quantitative estimate of drug-likeness (QED) is 0.741. The van der Waals surface area contributed by atoms with Crippen LogP contribution in [0.1, 0.15) is 18.2 Å². The van der Waals surface area contributed by atoms with Crippen molar-refractivity contribution in [3.8, 4) is 11.4 Å². The fourth-order valence-corrected chi connectivity index (χ4v) is 2.76. The molecular weight excluding hydrogens is 311 g/mol. The molecule has 24 heavy (non-hydrogen) atoms. The SMILES string of the molecule is O=C1CC(c2nc(-c3ccncc3)no2)CN1c1ccc(F)cc1. The molecule has 1 aliphatic rings. The number of hydrogen-bond acceptors (Lipinski definition) is 5. The highest BCUT2D eigenvalue weighted by Crippen LogP contribution is 2.31. The number of aromatic nitrogens is 3. The van der Waals surface area contributed by atoms with Crippen LogP contribution in [0, 0.1) is 5.82 Å². The van der Waals surface area contributed by atoms with E-state index in [1.54, 1.807) is 41.6 Å². The first-order chi connectivity index (χ1) is 11.7. The van der Waals surface area contributed by atoms with Crippen LogP contribution in [0.2, 0.25) is 0 Å². The molecule has 1 fully saturated rings. The minimum Gasteiger partial charge on any atom is -0.339 e. The highest BCUT2D eigenvalue weighted by molar-refractivity contribution is 5.96. The number of rotatable bonds is 3. The van der Waals surface area contributed by atoms with E-state index in [-0.39, 0.29) is 24.1 Å². The zero-order valence-corrected chi connectivity index (χ0v) is 12.6. The smallest absolute Gasteiger partial charge is 0.232 e. The number of halogens is 1. The average molecular weight is 324 g/mol. The Bertz CT molecular complexity index is 864. The Balaban J connectivity index is 1.55. The van der Waals surface area contributed by atoms with Crippen molar-refractivity contribution in [1.29, 1.82) is 0 Å². The van der Waals surface area contributed by atoms with E-state index in [0.29, 0.717) is 23.9 Å². The van der Waals surface area contributed by atoms with Crippen molar-refractivity contribution in [2.45, 2.75) is 12.3 Å². The number of pyridine rings is 1. The second kappa shape index (κ2) is 5.84. The lowest BCUT2D eigenvalue weighted by molar-refractivity contribution is -0.117. The molecule has 3 heterocycles. The second-order valence-corrected chi connectivity index (χ2v) is 5.57. The summed E-state index contributed by atoms with van der Waals surface area (Å²) in [4.78, 5) is 22.2. The maximum atomic E-state index is 13.0. The lowest BCUT2D eigenvalue weighted by atomic mass is 10.1. The Hall–Kier alpha value is -3.09. The molecule has 0 N–H and O–H groups in total. The van der Waals surface area contributed by atoms with E-state index < -0.39 is 0 Å². The van der Waals surface area contributed by atoms with Gasteiger partial charge in [-0.25, -0.2) is 4.39 Å². The van der Waals surface area contributed by atoms with E-state index >= 15 is 0 Å². The predicted molar refractivity (Wildman–Crippen MR) is 83.6 cm³/mol. The first-order valence-electron chi connectivity index (χ1n) is 7.50. The van der Waals surface area contributed by atoms with Crippen LogP contribution in [0.15, 0.2) is 53.3 Å². The van der Waals surface area contributed by atoms with Gasteiger partial charge >= 0.3 is 0 Å². The summed E-state index contributed by atoms with van der Waals surface area (Å²) in [6.45, 7) is 0.433. The van der Waals surface area contributed by atoms with E-state index in [1.165, 1.54) is 12.1 Å². The molecular formula is C17H13FN4O2. The topological polar surface area (TPSA) is 72.1 Å². The highest BCUT2D eigenvalue weighted by atomic mass is 19.1. The van der Waals surface area contributed by atoms with Crippen LogP contribution >= 0.6 is 0 Å². The van der Waals surface area contributed by atoms with Crippen molar-refractivity contribution in [3.63, 3.8) is 0 Å². The van der Waals surface area contributed by atoms with E-state index in [2.05, 4.69) is 15.1 Å². The van der Waals surface area contributed by atoms with Crippen LogP contribution in [-0.2, 0) is 4.79 Å². The van der Waals surface area contributed by atoms with Crippen LogP contribution in [0.4, 0.5) is 10.1 Å². The van der Waals surface area contributed by atoms with Crippen LogP contribution in [0.25, 0.3) is 11.4 Å². The number of hydrogen-bond donors (Lipinski definition) is 0. The van der Waals surface area contributed by atoms with Crippen molar-refractivity contribution in [2.24, 2.45) is 0 Å². The molecule has 4 rings (SSSR count). The Morgan fingerprint density at radius 2 is 1.88 bits per heavy atom. The molecule has 1 amide bonds. The molecule has 0 aliphatic carbocycles. The summed E-state index contributed by atoms with van der Waals surface area (Å²) in [5.41, 5.74) is 1.47. The van der Waals surface area contributed by atoms with Crippen molar-refractivity contribution >= 4 is 11.6 Å². The number of nitrogens with zero attached hydrogens (tertiary/aromatic N) is 4. The molecule has 0 saturated carbocycles. The summed E-state index contributed by atoms with van der Waals surface area (Å²) >= 11 is 0. The average Bonchev–Trinajstić information content (AvgIpc) is 3.23. The fourth-order valence-electron chi connectivity index (χ4n) is 2.76. The van der Waals surface area contributed by atoms with Gasteiger partial charge < -0.3 is 9.42 Å². The van der Waals surface area contributed by atoms with Crippen molar-refractivity contribution < 1.29 is 13.7 Å². The maximum absolute atomic E-state index is 13.0. The van der Waals surface area contributed by atoms with E-state index in [4.69, 9.17) is 4.52 Å². The van der Waals surface area contributed by atoms with E-state index in [9.17, 15) is 9.18 Å². The number of anilines is 1. The molecule has 1 aromatic carbocycles. The van der Waals surface area contributed by atoms with E-state index in [0.717, 1.165) is 5.56 Å². The molecule has 0 spiro atoms. The summed E-state index contributed by atoms with van der Waals surface area (Å²) in [6, 6.07) is 9.44. The standard InChI is InChI=1S/C17H13FN4O2/c18-13-1-3-14(4-2-13)22-10-12(9-15(22)23)17-20-16(21-24-17)11-5-7-19-8-6-11/h1-8,12H,9-10H2. The van der Waals surface area contributed by atoms with Gasteiger partial charge in [-0.3, -0.25) is 9.78 Å². The van der Waals surface area contributed by atoms with Gasteiger partial charge in [-0.15, -0.1) is 0 Å². The van der Waals surface area contributed by atoms with Crippen molar-refractivity contribution in [3.05, 3.63) is 60.5 Å². The van der Waals surface area contributed by atoms with Gasteiger partial charge in [-0.2, -0.15) is 4.98 Å². The Kier molecular flexibility index (Phi) is 3.53. The summed E-state index contributed by atoms with van der Waals surface area (Å²) in [6.07, 6.45) is 3.59. The molecule has 0 radical (unpaired) electrons. The first kappa shape index (κ1) is 14.5. The minimum absolute atomic E-state index is 0.0460. The lowest BCUT2D eigenvalue weighted by Crippen LogP contribution is -2.24. The molecule has 1 aliphatic heterocycles. The van der Waals surface area contributed by atoms with Crippen LogP contribution in [0.3, 0.4) is 0 Å². The van der Waals surface area contributed by atoms with Crippen LogP contribution in [-0.4, -0.2) is 27.6 Å². The molecule has 1 saturated heterocycles. The molecule has 3 aromatic rings. The Morgan fingerprint density at radius 1 is 1.12 bits per heavy atom. The number of amides is 1. The molecule has 120 valence electrons. The van der Waals surface area contributed by atoms with Gasteiger partial charge in [0.05, 0.1) is 5.92 Å². The van der Waals surface area contributed by atoms with Crippen molar-refractivity contribution in [2.75, 3.05) is 11.4 Å². The number of carbonyl (C=O) groups excluding carboxylic acids is 1.